The van der Waals surface area contributed by atoms with Crippen molar-refractivity contribution < 1.29 is 14.7 Å². The smallest absolute Gasteiger partial charge is 0.250 e. The van der Waals surface area contributed by atoms with Crippen LogP contribution < -0.4 is 10.5 Å². The molecule has 0 spiro atoms. The van der Waals surface area contributed by atoms with Crippen molar-refractivity contribution in [2.75, 3.05) is 5.75 Å². The summed E-state index contributed by atoms with van der Waals surface area (Å²) in [5.41, 5.74) is 7.30. The van der Waals surface area contributed by atoms with Gasteiger partial charge in [0.05, 0.1) is 17.9 Å². The molecule has 0 aliphatic rings. The van der Waals surface area contributed by atoms with E-state index in [1.165, 1.54) is 30.1 Å². The van der Waals surface area contributed by atoms with Gasteiger partial charge in [0.1, 0.15) is 0 Å². The third-order valence-corrected chi connectivity index (χ3v) is 6.05. The van der Waals surface area contributed by atoms with Crippen molar-refractivity contribution in [1.29, 1.82) is 0 Å². The molecule has 0 saturated heterocycles. The van der Waals surface area contributed by atoms with Gasteiger partial charge in [-0.05, 0) is 37.1 Å². The number of amides is 1. The average molecular weight is 485 g/mol. The van der Waals surface area contributed by atoms with Crippen molar-refractivity contribution >= 4 is 29.9 Å². The van der Waals surface area contributed by atoms with Gasteiger partial charge in [0, 0.05) is 11.3 Å². The Morgan fingerprint density at radius 3 is 2.20 bits per heavy atom. The zero-order valence-corrected chi connectivity index (χ0v) is 20.0. The van der Waals surface area contributed by atoms with Crippen molar-refractivity contribution in [3.8, 4) is 17.1 Å². The summed E-state index contributed by atoms with van der Waals surface area (Å²) < 4.78 is 1.93. The molecule has 0 unspecified atom stereocenters. The van der Waals surface area contributed by atoms with Crippen LogP contribution in [-0.2, 0) is 4.79 Å². The molecule has 3 aromatic carbocycles. The summed E-state index contributed by atoms with van der Waals surface area (Å²) in [5, 5.41) is 24.1. The Morgan fingerprint density at radius 1 is 0.943 bits per heavy atom. The fraction of sp³-hybridized carbons (Fsp3) is 0.115. The number of carboxylic acid groups (broad SMARTS) is 1. The van der Waals surface area contributed by atoms with Gasteiger partial charge in [0.25, 0.3) is 5.91 Å². The maximum atomic E-state index is 12.4. The van der Waals surface area contributed by atoms with Gasteiger partial charge in [-0.2, -0.15) is 5.10 Å². The second kappa shape index (κ2) is 10.8. The number of aryl methyl sites for hydroxylation is 2. The summed E-state index contributed by atoms with van der Waals surface area (Å²) in [6, 6.07) is 22.1. The molecule has 4 rings (SSSR count). The van der Waals surface area contributed by atoms with E-state index in [-0.39, 0.29) is 17.2 Å². The first-order valence-corrected chi connectivity index (χ1v) is 11.7. The normalized spacial score (nSPS) is 11.0. The lowest BCUT2D eigenvalue weighted by Gasteiger charge is -2.11. The number of benzene rings is 3. The van der Waals surface area contributed by atoms with E-state index in [1.54, 1.807) is 12.1 Å². The summed E-state index contributed by atoms with van der Waals surface area (Å²) in [7, 11) is 0. The van der Waals surface area contributed by atoms with Gasteiger partial charge < -0.3 is 9.90 Å². The second-order valence-electron chi connectivity index (χ2n) is 7.83. The van der Waals surface area contributed by atoms with Gasteiger partial charge in [-0.1, -0.05) is 83.6 Å². The quantitative estimate of drug-likeness (QED) is 0.234. The number of nitrogens with zero attached hydrogens (tertiary/aromatic N) is 4. The Labute approximate surface area is 206 Å². The molecule has 9 heteroatoms. The standard InChI is InChI=1S/C26H23N5O3S/c1-17-3-9-20(10-4-17)24-29-30-26(31(24)22-13-5-18(2)6-14-22)35-16-23(32)28-27-15-19-7-11-21(12-8-19)25(33)34/h3-15H,16H2,1-2H3,(H,28,32)(H,33,34)/p-1. The monoisotopic (exact) mass is 484 g/mol. The molecular formula is C26H22N5O3S-. The lowest BCUT2D eigenvalue weighted by molar-refractivity contribution is -0.255. The van der Waals surface area contributed by atoms with Crippen molar-refractivity contribution in [1.82, 2.24) is 20.2 Å². The molecule has 8 nitrogen and oxygen atoms in total. The number of hydrogen-bond donors (Lipinski definition) is 1. The number of thioether (sulfide) groups is 1. The van der Waals surface area contributed by atoms with Crippen molar-refractivity contribution in [2.24, 2.45) is 5.10 Å². The number of hydrogen-bond acceptors (Lipinski definition) is 7. The van der Waals surface area contributed by atoms with Crippen LogP contribution in [-0.4, -0.2) is 38.6 Å². The van der Waals surface area contributed by atoms with E-state index in [0.29, 0.717) is 16.5 Å². The predicted octanol–water partition coefficient (Wildman–Crippen LogP) is 3.16. The Kier molecular flexibility index (Phi) is 7.37. The average Bonchev–Trinajstić information content (AvgIpc) is 3.28. The Hall–Kier alpha value is -4.24. The SMILES string of the molecule is Cc1ccc(-c2nnc(SCC(=O)NN=Cc3ccc(C(=O)[O-])cc3)n2-c2ccc(C)cc2)cc1. The first-order valence-electron chi connectivity index (χ1n) is 10.8. The third kappa shape index (κ3) is 6.01. The largest absolute Gasteiger partial charge is 0.545 e. The fourth-order valence-electron chi connectivity index (χ4n) is 3.23. The molecule has 1 heterocycles. The molecule has 0 aliphatic heterocycles. The molecule has 1 aromatic heterocycles. The van der Waals surface area contributed by atoms with E-state index >= 15 is 0 Å². The molecule has 0 atom stereocenters. The van der Waals surface area contributed by atoms with Crippen molar-refractivity contribution in [3.63, 3.8) is 0 Å². The summed E-state index contributed by atoms with van der Waals surface area (Å²) in [6.45, 7) is 4.05. The third-order valence-electron chi connectivity index (χ3n) is 5.12. The Balaban J connectivity index is 1.47. The number of rotatable bonds is 8. The molecule has 1 amide bonds. The molecule has 0 bridgehead atoms. The first kappa shape index (κ1) is 23.9. The van der Waals surface area contributed by atoms with E-state index in [9.17, 15) is 14.7 Å². The molecule has 35 heavy (non-hydrogen) atoms. The number of aromatic nitrogens is 3. The molecule has 0 radical (unpaired) electrons. The minimum atomic E-state index is -1.25. The number of carbonyl (C=O) groups excluding carboxylic acids is 2. The van der Waals surface area contributed by atoms with E-state index in [0.717, 1.165) is 22.4 Å². The Bertz CT molecular complexity index is 1360. The molecular weight excluding hydrogens is 462 g/mol. The predicted molar refractivity (Wildman–Crippen MR) is 134 cm³/mol. The van der Waals surface area contributed by atoms with Gasteiger partial charge in [-0.15, -0.1) is 10.2 Å². The van der Waals surface area contributed by atoms with Crippen LogP contribution in [0.3, 0.4) is 0 Å². The lowest BCUT2D eigenvalue weighted by atomic mass is 10.1. The highest BCUT2D eigenvalue weighted by atomic mass is 32.2. The van der Waals surface area contributed by atoms with Crippen LogP contribution in [0.2, 0.25) is 0 Å². The van der Waals surface area contributed by atoms with Crippen LogP contribution in [0.5, 0.6) is 0 Å². The first-order chi connectivity index (χ1) is 16.9. The van der Waals surface area contributed by atoms with Gasteiger partial charge in [-0.3, -0.25) is 9.36 Å². The summed E-state index contributed by atoms with van der Waals surface area (Å²) >= 11 is 1.26. The summed E-state index contributed by atoms with van der Waals surface area (Å²) in [4.78, 5) is 23.2. The zero-order chi connectivity index (χ0) is 24.8. The van der Waals surface area contributed by atoms with Crippen molar-refractivity contribution in [3.05, 3.63) is 95.1 Å². The van der Waals surface area contributed by atoms with Crippen LogP contribution in [0.15, 0.2) is 83.1 Å². The van der Waals surface area contributed by atoms with Crippen LogP contribution in [0.4, 0.5) is 0 Å². The van der Waals surface area contributed by atoms with E-state index in [1.807, 2.05) is 66.9 Å². The van der Waals surface area contributed by atoms with Gasteiger partial charge in [-0.25, -0.2) is 5.43 Å². The number of aromatic carboxylic acids is 1. The summed E-state index contributed by atoms with van der Waals surface area (Å²) in [5.74, 6) is -0.788. The minimum Gasteiger partial charge on any atom is -0.545 e. The van der Waals surface area contributed by atoms with Crippen LogP contribution in [0.1, 0.15) is 27.0 Å². The molecule has 0 aliphatic carbocycles. The highest BCUT2D eigenvalue weighted by Gasteiger charge is 2.17. The molecule has 1 N–H and O–H groups in total. The van der Waals surface area contributed by atoms with Crippen LogP contribution in [0.25, 0.3) is 17.1 Å². The van der Waals surface area contributed by atoms with Crippen LogP contribution in [0, 0.1) is 13.8 Å². The lowest BCUT2D eigenvalue weighted by Crippen LogP contribution is -2.22. The molecule has 4 aromatic rings. The summed E-state index contributed by atoms with van der Waals surface area (Å²) in [6.07, 6.45) is 1.44. The van der Waals surface area contributed by atoms with Gasteiger partial charge >= 0.3 is 0 Å². The molecule has 0 fully saturated rings. The zero-order valence-electron chi connectivity index (χ0n) is 19.1. The van der Waals surface area contributed by atoms with Crippen LogP contribution >= 0.6 is 11.8 Å². The Morgan fingerprint density at radius 2 is 1.57 bits per heavy atom. The highest BCUT2D eigenvalue weighted by molar-refractivity contribution is 7.99. The number of carbonyl (C=O) groups is 2. The number of nitrogens with one attached hydrogen (secondary N) is 1. The molecule has 176 valence electrons. The second-order valence-corrected chi connectivity index (χ2v) is 8.78. The maximum Gasteiger partial charge on any atom is 0.250 e. The number of carboxylic acids is 1. The minimum absolute atomic E-state index is 0.0743. The number of hydrazone groups is 1. The van der Waals surface area contributed by atoms with Gasteiger partial charge in [0.15, 0.2) is 11.0 Å². The van der Waals surface area contributed by atoms with Gasteiger partial charge in [0.2, 0.25) is 0 Å². The van der Waals surface area contributed by atoms with E-state index < -0.39 is 5.97 Å². The maximum absolute atomic E-state index is 12.4. The highest BCUT2D eigenvalue weighted by Crippen LogP contribution is 2.28. The van der Waals surface area contributed by atoms with Crippen molar-refractivity contribution in [2.45, 2.75) is 19.0 Å². The van der Waals surface area contributed by atoms with E-state index in [2.05, 4.69) is 20.7 Å². The molecule has 0 saturated carbocycles. The fourth-order valence-corrected chi connectivity index (χ4v) is 3.97. The topological polar surface area (TPSA) is 112 Å². The van der Waals surface area contributed by atoms with E-state index in [4.69, 9.17) is 0 Å².